The van der Waals surface area contributed by atoms with Crippen LogP contribution in [0.5, 0.6) is 5.75 Å². The van der Waals surface area contributed by atoms with Gasteiger partial charge in [0.25, 0.3) is 5.91 Å². The third kappa shape index (κ3) is 3.72. The lowest BCUT2D eigenvalue weighted by atomic mass is 9.94. The highest BCUT2D eigenvalue weighted by molar-refractivity contribution is 7.17. The molecule has 2 aromatic rings. The van der Waals surface area contributed by atoms with E-state index in [1.807, 2.05) is 13.8 Å². The van der Waals surface area contributed by atoms with E-state index in [1.165, 1.54) is 16.9 Å². The maximum Gasteiger partial charge on any atom is 0.263 e. The molecule has 1 fully saturated rings. The average Bonchev–Trinajstić information content (AvgIpc) is 3.11. The molecule has 1 aromatic heterocycles. The first-order valence-electron chi connectivity index (χ1n) is 10.1. The number of hydrogen-bond acceptors (Lipinski definition) is 7. The number of rotatable bonds is 3. The SMILES string of the molecule is CC1(C)Cc2nc(N3CCOc4ccc(CN5CCOCC5)cc43)sc2C(=O)N1. The average molecular weight is 415 g/mol. The van der Waals surface area contributed by atoms with Gasteiger partial charge < -0.3 is 19.7 Å². The molecule has 0 bridgehead atoms. The van der Waals surface area contributed by atoms with Crippen molar-refractivity contribution in [3.05, 3.63) is 34.3 Å². The van der Waals surface area contributed by atoms with Crippen LogP contribution in [0, 0.1) is 0 Å². The first-order chi connectivity index (χ1) is 14.0. The highest BCUT2D eigenvalue weighted by atomic mass is 32.1. The van der Waals surface area contributed by atoms with Crippen LogP contribution in [0.2, 0.25) is 0 Å². The van der Waals surface area contributed by atoms with Gasteiger partial charge in [-0.15, -0.1) is 0 Å². The summed E-state index contributed by atoms with van der Waals surface area (Å²) in [6.45, 7) is 9.82. The van der Waals surface area contributed by atoms with Crippen LogP contribution in [0.4, 0.5) is 10.8 Å². The van der Waals surface area contributed by atoms with Gasteiger partial charge in [-0.05, 0) is 31.5 Å². The van der Waals surface area contributed by atoms with Crippen molar-refractivity contribution in [1.82, 2.24) is 15.2 Å². The maximum absolute atomic E-state index is 12.5. The van der Waals surface area contributed by atoms with Crippen molar-refractivity contribution in [2.24, 2.45) is 0 Å². The molecule has 7 nitrogen and oxygen atoms in total. The number of amides is 1. The minimum Gasteiger partial charge on any atom is -0.490 e. The van der Waals surface area contributed by atoms with Crippen LogP contribution in [0.15, 0.2) is 18.2 Å². The highest BCUT2D eigenvalue weighted by Crippen LogP contribution is 2.41. The summed E-state index contributed by atoms with van der Waals surface area (Å²) in [5.41, 5.74) is 2.93. The minimum atomic E-state index is -0.260. The second kappa shape index (κ2) is 7.27. The van der Waals surface area contributed by atoms with Gasteiger partial charge >= 0.3 is 0 Å². The summed E-state index contributed by atoms with van der Waals surface area (Å²) in [4.78, 5) is 22.7. The number of fused-ring (bicyclic) bond motifs is 2. The number of hydrogen-bond donors (Lipinski definition) is 1. The Hall–Kier alpha value is -2.16. The molecule has 1 aromatic carbocycles. The molecule has 0 aliphatic carbocycles. The molecule has 1 amide bonds. The number of carbonyl (C=O) groups is 1. The van der Waals surface area contributed by atoms with Crippen LogP contribution in [-0.4, -0.2) is 60.8 Å². The number of nitrogens with zero attached hydrogens (tertiary/aromatic N) is 3. The summed E-state index contributed by atoms with van der Waals surface area (Å²) in [5.74, 6) is 0.856. The molecule has 1 N–H and O–H groups in total. The fourth-order valence-electron chi connectivity index (χ4n) is 4.16. The third-order valence-electron chi connectivity index (χ3n) is 5.58. The first kappa shape index (κ1) is 18.8. The Kier molecular flexibility index (Phi) is 4.72. The summed E-state index contributed by atoms with van der Waals surface area (Å²) in [6, 6.07) is 6.40. The van der Waals surface area contributed by atoms with Crippen LogP contribution in [0.25, 0.3) is 0 Å². The molecular weight excluding hydrogens is 388 g/mol. The molecule has 0 radical (unpaired) electrons. The Morgan fingerprint density at radius 2 is 2.03 bits per heavy atom. The van der Waals surface area contributed by atoms with E-state index in [1.54, 1.807) is 0 Å². The maximum atomic E-state index is 12.5. The Morgan fingerprint density at radius 3 is 2.86 bits per heavy atom. The molecule has 154 valence electrons. The largest absolute Gasteiger partial charge is 0.490 e. The van der Waals surface area contributed by atoms with E-state index in [4.69, 9.17) is 14.5 Å². The zero-order valence-electron chi connectivity index (χ0n) is 16.9. The van der Waals surface area contributed by atoms with Gasteiger partial charge in [-0.2, -0.15) is 0 Å². The number of thiazole rings is 1. The molecule has 0 saturated carbocycles. The van der Waals surface area contributed by atoms with Gasteiger partial charge in [-0.1, -0.05) is 17.4 Å². The van der Waals surface area contributed by atoms with Crippen LogP contribution < -0.4 is 15.0 Å². The molecule has 3 aliphatic heterocycles. The van der Waals surface area contributed by atoms with Crippen LogP contribution >= 0.6 is 11.3 Å². The van der Waals surface area contributed by atoms with Gasteiger partial charge in [0, 0.05) is 31.6 Å². The quantitative estimate of drug-likeness (QED) is 0.833. The van der Waals surface area contributed by atoms with E-state index in [-0.39, 0.29) is 11.4 Å². The number of carbonyl (C=O) groups excluding carboxylic acids is 1. The highest BCUT2D eigenvalue weighted by Gasteiger charge is 2.34. The van der Waals surface area contributed by atoms with E-state index in [9.17, 15) is 4.79 Å². The smallest absolute Gasteiger partial charge is 0.263 e. The molecule has 29 heavy (non-hydrogen) atoms. The standard InChI is InChI=1S/C21H26N4O3S/c1-21(2)12-15-18(19(26)23-21)29-20(22-15)25-7-10-28-17-4-3-14(11-16(17)25)13-24-5-8-27-9-6-24/h3-4,11H,5-10,12-13H2,1-2H3,(H,23,26). The first-order valence-corrected chi connectivity index (χ1v) is 11.0. The van der Waals surface area contributed by atoms with E-state index >= 15 is 0 Å². The Bertz CT molecular complexity index is 936. The fraction of sp³-hybridized carbons (Fsp3) is 0.524. The molecule has 3 aliphatic rings. The normalized spacial score (nSPS) is 21.2. The van der Waals surface area contributed by atoms with Crippen molar-refractivity contribution in [2.45, 2.75) is 32.4 Å². The monoisotopic (exact) mass is 414 g/mol. The molecule has 1 saturated heterocycles. The minimum absolute atomic E-state index is 0.0189. The summed E-state index contributed by atoms with van der Waals surface area (Å²) < 4.78 is 11.4. The predicted octanol–water partition coefficient (Wildman–Crippen LogP) is 2.57. The lowest BCUT2D eigenvalue weighted by Gasteiger charge is -2.31. The lowest BCUT2D eigenvalue weighted by Crippen LogP contribution is -2.48. The second-order valence-corrected chi connectivity index (χ2v) is 9.46. The number of morpholine rings is 1. The van der Waals surface area contributed by atoms with Crippen LogP contribution in [-0.2, 0) is 17.7 Å². The number of ether oxygens (including phenoxy) is 2. The number of benzene rings is 1. The van der Waals surface area contributed by atoms with Gasteiger partial charge in [-0.25, -0.2) is 4.98 Å². The summed E-state index contributed by atoms with van der Waals surface area (Å²) in [6.07, 6.45) is 0.749. The van der Waals surface area contributed by atoms with Crippen molar-refractivity contribution in [3.63, 3.8) is 0 Å². The molecule has 0 spiro atoms. The molecule has 4 heterocycles. The Balaban J connectivity index is 1.45. The summed E-state index contributed by atoms with van der Waals surface area (Å²) in [5, 5.41) is 3.95. The summed E-state index contributed by atoms with van der Waals surface area (Å²) in [7, 11) is 0. The summed E-state index contributed by atoms with van der Waals surface area (Å²) >= 11 is 1.48. The van der Waals surface area contributed by atoms with Crippen LogP contribution in [0.3, 0.4) is 0 Å². The van der Waals surface area contributed by atoms with Crippen molar-refractivity contribution >= 4 is 28.1 Å². The van der Waals surface area contributed by atoms with Gasteiger partial charge in [0.2, 0.25) is 0 Å². The van der Waals surface area contributed by atoms with E-state index in [2.05, 4.69) is 33.3 Å². The molecule has 5 rings (SSSR count). The Labute approximate surface area is 174 Å². The molecule has 0 unspecified atom stereocenters. The van der Waals surface area contributed by atoms with Crippen LogP contribution in [0.1, 0.15) is 34.8 Å². The fourth-order valence-corrected chi connectivity index (χ4v) is 5.17. The predicted molar refractivity (Wildman–Crippen MR) is 112 cm³/mol. The van der Waals surface area contributed by atoms with Crippen molar-refractivity contribution in [2.75, 3.05) is 44.4 Å². The molecule has 0 atom stereocenters. The van der Waals surface area contributed by atoms with Gasteiger partial charge in [-0.3, -0.25) is 9.69 Å². The van der Waals surface area contributed by atoms with E-state index in [0.29, 0.717) is 6.61 Å². The molecular formula is C21H26N4O3S. The second-order valence-electron chi connectivity index (χ2n) is 8.48. The van der Waals surface area contributed by atoms with Gasteiger partial charge in [0.15, 0.2) is 5.13 Å². The third-order valence-corrected chi connectivity index (χ3v) is 6.70. The van der Waals surface area contributed by atoms with Crippen molar-refractivity contribution < 1.29 is 14.3 Å². The number of nitrogens with one attached hydrogen (secondary N) is 1. The molecule has 8 heteroatoms. The van der Waals surface area contributed by atoms with Gasteiger partial charge in [0.1, 0.15) is 17.2 Å². The Morgan fingerprint density at radius 1 is 1.21 bits per heavy atom. The van der Waals surface area contributed by atoms with Crippen molar-refractivity contribution in [1.29, 1.82) is 0 Å². The number of anilines is 2. The van der Waals surface area contributed by atoms with E-state index in [0.717, 1.165) is 73.0 Å². The zero-order chi connectivity index (χ0) is 20.0. The van der Waals surface area contributed by atoms with Crippen molar-refractivity contribution in [3.8, 4) is 5.75 Å². The topological polar surface area (TPSA) is 66.9 Å². The lowest BCUT2D eigenvalue weighted by molar-refractivity contribution is 0.0342. The zero-order valence-corrected chi connectivity index (χ0v) is 17.7. The number of aromatic nitrogens is 1. The van der Waals surface area contributed by atoms with E-state index < -0.39 is 0 Å². The van der Waals surface area contributed by atoms with Gasteiger partial charge in [0.05, 0.1) is 31.1 Å².